The van der Waals surface area contributed by atoms with E-state index in [0.29, 0.717) is 72.5 Å². The predicted molar refractivity (Wildman–Crippen MR) is 339 cm³/mol. The van der Waals surface area contributed by atoms with Gasteiger partial charge in [0.2, 0.25) is 27.7 Å². The normalized spacial score (nSPS) is 20.3. The molecule has 4 fully saturated rings. The maximum atomic E-state index is 15.1. The first-order valence-electron chi connectivity index (χ1n) is 31.1. The quantitative estimate of drug-likeness (QED) is 0.0476. The van der Waals surface area contributed by atoms with Crippen molar-refractivity contribution >= 4 is 79.4 Å². The predicted octanol–water partition coefficient (Wildman–Crippen LogP) is 11.0. The molecule has 3 aliphatic heterocycles. The highest BCUT2D eigenvalue weighted by atomic mass is 35.5. The molecule has 468 valence electrons. The number of hydrogen-bond acceptors (Lipinski definition) is 12. The first-order chi connectivity index (χ1) is 41.4. The van der Waals surface area contributed by atoms with E-state index in [2.05, 4.69) is 9.88 Å². The van der Waals surface area contributed by atoms with Gasteiger partial charge in [-0.3, -0.25) is 38.3 Å². The van der Waals surface area contributed by atoms with Crippen LogP contribution in [0.15, 0.2) is 77.9 Å². The lowest BCUT2D eigenvalue weighted by Crippen LogP contribution is -2.61. The molecule has 3 amide bonds. The van der Waals surface area contributed by atoms with Gasteiger partial charge in [0.15, 0.2) is 5.78 Å². The fraction of sp³-hybridized carbons (Fsp3) is 0.561. The van der Waals surface area contributed by atoms with E-state index in [1.807, 2.05) is 74.3 Å². The maximum absolute atomic E-state index is 15.1. The van der Waals surface area contributed by atoms with Crippen LogP contribution < -0.4 is 10.5 Å². The summed E-state index contributed by atoms with van der Waals surface area (Å²) in [4.78, 5) is 102. The number of carbonyl (C=O) groups excluding carboxylic acids is 4. The Morgan fingerprint density at radius 1 is 0.759 bits per heavy atom. The number of aryl methyl sites for hydroxylation is 1. The molecule has 1 aliphatic carbocycles. The molecule has 21 heteroatoms. The third kappa shape index (κ3) is 15.4. The van der Waals surface area contributed by atoms with Crippen LogP contribution in [0.3, 0.4) is 0 Å². The lowest BCUT2D eigenvalue weighted by atomic mass is 9.66. The number of Topliss-reactive ketones (excluding diaryl/α,β-unsaturated/α-hetero) is 1. The minimum atomic E-state index is -4.02. The number of benzene rings is 2. The second kappa shape index (κ2) is 28.0. The summed E-state index contributed by atoms with van der Waals surface area (Å²) in [6.45, 7) is 14.1. The number of carboxylic acid groups (broad SMARTS) is 1. The van der Waals surface area contributed by atoms with Gasteiger partial charge in [0.1, 0.15) is 11.5 Å². The molecule has 0 bridgehead atoms. The SMILES string of the molecule is CC(=O)c1c(C)c2cnc(Cc3ccc(N4CCN(C(=O)CCCCCCCCCC(=O)N5CCN(S(=O)(=O)C[C@@H](N6C(=O)[C@@](C)(CC(=O)O)C[C@H](c7cccc(Cl)c7)[C@H]6c6ccc(Cl)cc6)C(C)(C)C)CC5)CC4)cn3)nc2n(C2CCCC2)c1=O. The van der Waals surface area contributed by atoms with Crippen molar-refractivity contribution in [1.82, 2.24) is 38.5 Å². The number of sulfonamides is 1. The molecule has 1 N–H and O–H groups in total. The van der Waals surface area contributed by atoms with Crippen LogP contribution in [-0.4, -0.2) is 146 Å². The maximum Gasteiger partial charge on any atom is 0.304 e. The van der Waals surface area contributed by atoms with Gasteiger partial charge in [0, 0.05) is 104 Å². The Morgan fingerprint density at radius 3 is 1.93 bits per heavy atom. The molecule has 2 aromatic carbocycles. The van der Waals surface area contributed by atoms with Gasteiger partial charge in [-0.15, -0.1) is 0 Å². The van der Waals surface area contributed by atoms with Crippen molar-refractivity contribution in [2.75, 3.05) is 63.0 Å². The number of rotatable bonds is 23. The zero-order valence-corrected chi connectivity index (χ0v) is 53.6. The molecule has 6 heterocycles. The summed E-state index contributed by atoms with van der Waals surface area (Å²) in [5, 5.41) is 11.9. The van der Waals surface area contributed by atoms with Gasteiger partial charge in [-0.2, -0.15) is 4.31 Å². The van der Waals surface area contributed by atoms with Crippen LogP contribution in [0.25, 0.3) is 11.0 Å². The van der Waals surface area contributed by atoms with Crippen LogP contribution in [0.4, 0.5) is 5.69 Å². The molecular weight excluding hydrogens is 1170 g/mol. The summed E-state index contributed by atoms with van der Waals surface area (Å²) in [5.74, 6) is -1.89. The molecule has 3 aromatic heterocycles. The Hall–Kier alpha value is -6.28. The first-order valence-corrected chi connectivity index (χ1v) is 33.5. The molecule has 87 heavy (non-hydrogen) atoms. The number of piperidine rings is 1. The number of unbranched alkanes of at least 4 members (excludes halogenated alkanes) is 6. The van der Waals surface area contributed by atoms with E-state index in [-0.39, 0.29) is 67.4 Å². The van der Waals surface area contributed by atoms with Crippen LogP contribution in [0.2, 0.25) is 10.0 Å². The number of hydrogen-bond donors (Lipinski definition) is 1. The number of aromatic nitrogens is 4. The number of halogens is 2. The number of nitrogens with zero attached hydrogens (tertiary/aromatic N) is 9. The van der Waals surface area contributed by atoms with Crippen molar-refractivity contribution in [3.63, 3.8) is 0 Å². The highest BCUT2D eigenvalue weighted by Gasteiger charge is 2.55. The molecule has 4 aliphatic rings. The molecule has 0 radical (unpaired) electrons. The topological polar surface area (TPSA) is 217 Å². The summed E-state index contributed by atoms with van der Waals surface area (Å²) in [6.07, 6.45) is 14.9. The lowest BCUT2D eigenvalue weighted by Gasteiger charge is -2.54. The average molecular weight is 1250 g/mol. The third-order valence-corrected chi connectivity index (χ3v) is 20.9. The van der Waals surface area contributed by atoms with Crippen LogP contribution >= 0.6 is 23.2 Å². The van der Waals surface area contributed by atoms with E-state index >= 15 is 4.79 Å². The van der Waals surface area contributed by atoms with Gasteiger partial charge in [-0.05, 0) is 104 Å². The summed E-state index contributed by atoms with van der Waals surface area (Å²) in [7, 11) is -4.02. The largest absolute Gasteiger partial charge is 0.481 e. The first kappa shape index (κ1) is 65.2. The second-order valence-electron chi connectivity index (χ2n) is 25.9. The molecule has 3 saturated heterocycles. The van der Waals surface area contributed by atoms with Crippen molar-refractivity contribution in [1.29, 1.82) is 0 Å². The molecule has 5 aromatic rings. The van der Waals surface area contributed by atoms with Crippen LogP contribution in [-0.2, 0) is 35.6 Å². The van der Waals surface area contributed by atoms with Crippen LogP contribution in [0.1, 0.15) is 187 Å². The van der Waals surface area contributed by atoms with Gasteiger partial charge in [0.25, 0.3) is 5.56 Å². The number of amides is 3. The van der Waals surface area contributed by atoms with Gasteiger partial charge >= 0.3 is 5.97 Å². The van der Waals surface area contributed by atoms with Crippen molar-refractivity contribution in [3.05, 3.63) is 127 Å². The Morgan fingerprint density at radius 2 is 1.37 bits per heavy atom. The highest BCUT2D eigenvalue weighted by Crippen LogP contribution is 2.53. The number of aliphatic carboxylic acids is 1. The molecule has 9 rings (SSSR count). The summed E-state index contributed by atoms with van der Waals surface area (Å²) < 4.78 is 32.4. The van der Waals surface area contributed by atoms with E-state index in [4.69, 9.17) is 33.2 Å². The van der Waals surface area contributed by atoms with Gasteiger partial charge in [-0.25, -0.2) is 18.4 Å². The number of ketones is 1. The van der Waals surface area contributed by atoms with E-state index < -0.39 is 62.9 Å². The Balaban J connectivity index is 0.686. The van der Waals surface area contributed by atoms with Crippen molar-refractivity contribution in [2.24, 2.45) is 10.8 Å². The van der Waals surface area contributed by atoms with E-state index in [1.165, 1.54) is 11.2 Å². The Kier molecular flexibility index (Phi) is 21.0. The van der Waals surface area contributed by atoms with E-state index in [0.717, 1.165) is 98.5 Å². The molecule has 0 unspecified atom stereocenters. The van der Waals surface area contributed by atoms with Crippen molar-refractivity contribution in [3.8, 4) is 0 Å². The van der Waals surface area contributed by atoms with Gasteiger partial charge in [0.05, 0.1) is 53.5 Å². The van der Waals surface area contributed by atoms with Crippen LogP contribution in [0.5, 0.6) is 0 Å². The summed E-state index contributed by atoms with van der Waals surface area (Å²) >= 11 is 12.9. The zero-order valence-electron chi connectivity index (χ0n) is 51.3. The molecule has 0 spiro atoms. The number of carbonyl (C=O) groups is 5. The lowest BCUT2D eigenvalue weighted by molar-refractivity contribution is -0.162. The summed E-state index contributed by atoms with van der Waals surface area (Å²) in [5.41, 5.74) is 2.34. The molecular formula is C66H85Cl2N9O9S. The minimum absolute atomic E-state index is 0.00262. The van der Waals surface area contributed by atoms with Crippen molar-refractivity contribution in [2.45, 2.75) is 168 Å². The highest BCUT2D eigenvalue weighted by molar-refractivity contribution is 7.89. The number of carboxylic acids is 1. The molecule has 1 saturated carbocycles. The third-order valence-electron chi connectivity index (χ3n) is 18.5. The smallest absolute Gasteiger partial charge is 0.304 e. The number of piperazine rings is 2. The molecule has 4 atom stereocenters. The van der Waals surface area contributed by atoms with Crippen molar-refractivity contribution < 1.29 is 37.5 Å². The zero-order chi connectivity index (χ0) is 62.4. The number of fused-ring (bicyclic) bond motifs is 1. The second-order valence-corrected chi connectivity index (χ2v) is 28.8. The Labute approximate surface area is 522 Å². The number of likely N-dealkylation sites (tertiary alicyclic amines) is 1. The monoisotopic (exact) mass is 1250 g/mol. The standard InChI is InChI=1S/C66H85Cl2N9O9S/c1-44-54-42-70-56(71-62(54)76(51-19-14-15-20-51)63(83)60(44)45(2)78)38-50-27-28-52(41-69-50)72-29-31-73(32-30-72)57(79)21-12-10-8-7-9-11-13-22-58(80)74-33-35-75(36-34-74)87(85,86)43-55(65(3,4)5)77-61(46-23-25-48(67)26-24-46)53(47-17-16-18-49(68)37-47)39-66(6,64(77)84)40-59(81)82/h16-18,23-28,37,41-42,51,53,55,61H,7-15,19-22,29-36,38-40,43H2,1-6H3,(H,81,82)/t53-,55-,61-,66-/m1/s1. The van der Waals surface area contributed by atoms with Crippen LogP contribution in [0, 0.1) is 17.8 Å². The fourth-order valence-electron chi connectivity index (χ4n) is 13.7. The summed E-state index contributed by atoms with van der Waals surface area (Å²) in [6, 6.07) is 16.9. The minimum Gasteiger partial charge on any atom is -0.481 e. The Bertz CT molecular complexity index is 3480. The molecule has 18 nitrogen and oxygen atoms in total. The van der Waals surface area contributed by atoms with E-state index in [9.17, 15) is 37.5 Å². The average Bonchev–Trinajstić information content (AvgIpc) is 1.28. The fourth-order valence-corrected chi connectivity index (χ4v) is 16.0. The number of pyridine rings is 2. The van der Waals surface area contributed by atoms with E-state index in [1.54, 1.807) is 52.6 Å². The van der Waals surface area contributed by atoms with Gasteiger partial charge < -0.3 is 24.7 Å². The van der Waals surface area contributed by atoms with Gasteiger partial charge in [-0.1, -0.05) is 120 Å². The number of anilines is 1.